The van der Waals surface area contributed by atoms with Gasteiger partial charge in [0.05, 0.1) is 54.5 Å². The lowest BCUT2D eigenvalue weighted by Crippen LogP contribution is -2.40. The predicted octanol–water partition coefficient (Wildman–Crippen LogP) is 8.14. The van der Waals surface area contributed by atoms with E-state index in [1.54, 1.807) is 0 Å². The van der Waals surface area contributed by atoms with Crippen LogP contribution < -0.4 is 0 Å². The molecular weight excluding hydrogens is 708 g/mol. The lowest BCUT2D eigenvalue weighted by molar-refractivity contribution is -0.165. The van der Waals surface area contributed by atoms with Crippen molar-refractivity contribution >= 4 is 29.8 Å². The normalized spacial score (nSPS) is 36.7. The van der Waals surface area contributed by atoms with Crippen molar-refractivity contribution in [2.45, 2.75) is 193 Å². The Labute approximate surface area is 333 Å². The van der Waals surface area contributed by atoms with Crippen molar-refractivity contribution in [3.63, 3.8) is 0 Å². The Bertz CT molecular complexity index is 1200. The highest BCUT2D eigenvalue weighted by Gasteiger charge is 2.65. The van der Waals surface area contributed by atoms with Crippen LogP contribution in [0.2, 0.25) is 0 Å². The van der Waals surface area contributed by atoms with Gasteiger partial charge in [0, 0.05) is 17.8 Å². The maximum absolute atomic E-state index is 11.8. The van der Waals surface area contributed by atoms with Gasteiger partial charge in [0.1, 0.15) is 18.3 Å². The van der Waals surface area contributed by atoms with Crippen LogP contribution in [0.3, 0.4) is 0 Å². The van der Waals surface area contributed by atoms with Gasteiger partial charge in [-0.3, -0.25) is 24.0 Å². The summed E-state index contributed by atoms with van der Waals surface area (Å²) < 4.78 is 38.2. The zero-order chi connectivity index (χ0) is 35.1. The maximum atomic E-state index is 11.8. The van der Waals surface area contributed by atoms with Gasteiger partial charge in [0.2, 0.25) is 0 Å². The summed E-state index contributed by atoms with van der Waals surface area (Å²) in [7, 11) is 0. The second kappa shape index (κ2) is 21.7. The highest BCUT2D eigenvalue weighted by Crippen LogP contribution is 2.55. The largest absolute Gasteiger partial charge is 0.465 e. The monoisotopic (exact) mass is 787 g/mol. The van der Waals surface area contributed by atoms with Crippen molar-refractivity contribution < 1.29 is 57.1 Å². The van der Waals surface area contributed by atoms with Crippen molar-refractivity contribution in [1.82, 2.24) is 0 Å². The third-order valence-electron chi connectivity index (χ3n) is 12.4. The minimum absolute atomic E-state index is 0. The summed E-state index contributed by atoms with van der Waals surface area (Å²) in [5, 5.41) is 0. The van der Waals surface area contributed by atoms with Crippen molar-refractivity contribution in [2.75, 3.05) is 6.61 Å². The number of carbonyl (C=O) groups is 5. The van der Waals surface area contributed by atoms with E-state index < -0.39 is 6.10 Å². The third kappa shape index (κ3) is 10.4. The molecule has 0 spiro atoms. The molecule has 16 atom stereocenters. The molecule has 0 aromatic heterocycles. The standard InChI is InChI=1S/C13H18O4.C12H16O5.C12H20O3.6CH4/c1-3-6(2)12(14)16-10-7-4-8-9(5-7)13(15)17-11(8)10;1-3-5(2)11(13)16-9-7-4-6-8(15-7)10(9)17-12(6)14;1-3-8(2)12(13)14-7-9-6-10-4-5-11(9)15-10;;;;;;/h6-11H,3-5H2,1-2H3;5-10H,3-4H2,1-2H3;8-11H,3-7H2,1-2H3;6*1H4. The Balaban J connectivity index is 0.000000756. The first-order valence-electron chi connectivity index (χ1n) is 18.7. The summed E-state index contributed by atoms with van der Waals surface area (Å²) in [6.45, 7) is 12.1. The summed E-state index contributed by atoms with van der Waals surface area (Å²) in [4.78, 5) is 58.0. The van der Waals surface area contributed by atoms with Crippen LogP contribution >= 0.6 is 0 Å². The minimum atomic E-state index is -0.399. The summed E-state index contributed by atoms with van der Waals surface area (Å²) >= 11 is 0. The number of ether oxygens (including phenoxy) is 7. The Hall–Kier alpha value is -2.73. The number of hydrogen-bond donors (Lipinski definition) is 0. The SMILES string of the molecule is C.C.C.C.C.C.CCC(C)C(=O)OC1C2CC3C(=O)OC1C3C2.CCC(C)C(=O)OC1C2CC3C(=O)OC1C3O2.CCC(C)C(=O)OCC1CC2CCC1O2. The van der Waals surface area contributed by atoms with Crippen molar-refractivity contribution in [3.05, 3.63) is 0 Å². The molecular formula is C43H78O12. The average Bonchev–Trinajstić information content (AvgIpc) is 3.97. The molecule has 0 aromatic rings. The van der Waals surface area contributed by atoms with Gasteiger partial charge < -0.3 is 33.2 Å². The molecule has 16 unspecified atom stereocenters. The highest BCUT2D eigenvalue weighted by molar-refractivity contribution is 5.78. The summed E-state index contributed by atoms with van der Waals surface area (Å²) in [5.41, 5.74) is 0. The van der Waals surface area contributed by atoms with Gasteiger partial charge in [-0.15, -0.1) is 0 Å². The fourth-order valence-corrected chi connectivity index (χ4v) is 8.70. The zero-order valence-electron chi connectivity index (χ0n) is 29.7. The summed E-state index contributed by atoms with van der Waals surface area (Å²) in [6.07, 6.45) is 7.61. The molecule has 6 saturated heterocycles. The zero-order valence-corrected chi connectivity index (χ0v) is 29.7. The number of rotatable bonds is 10. The lowest BCUT2D eigenvalue weighted by atomic mass is 9.88. The van der Waals surface area contributed by atoms with E-state index in [0.717, 1.165) is 44.9 Å². The van der Waals surface area contributed by atoms with E-state index in [0.29, 0.717) is 43.0 Å². The highest BCUT2D eigenvalue weighted by atomic mass is 16.7. The van der Waals surface area contributed by atoms with E-state index in [-0.39, 0.29) is 135 Å². The summed E-state index contributed by atoms with van der Waals surface area (Å²) in [5.74, 6) is 0.182. The van der Waals surface area contributed by atoms with Crippen LogP contribution in [0.1, 0.15) is 144 Å². The molecule has 0 radical (unpaired) electrons. The molecule has 8 aliphatic rings. The smallest absolute Gasteiger partial charge is 0.312 e. The van der Waals surface area contributed by atoms with Crippen LogP contribution in [-0.2, 0) is 57.1 Å². The first-order valence-corrected chi connectivity index (χ1v) is 18.7. The molecule has 6 heterocycles. The molecule has 0 amide bonds. The van der Waals surface area contributed by atoms with Crippen molar-refractivity contribution in [2.24, 2.45) is 47.3 Å². The predicted molar refractivity (Wildman–Crippen MR) is 212 cm³/mol. The van der Waals surface area contributed by atoms with Gasteiger partial charge in [0.25, 0.3) is 0 Å². The van der Waals surface area contributed by atoms with Crippen LogP contribution in [0.25, 0.3) is 0 Å². The number of fused-ring (bicyclic) bond motifs is 4. The van der Waals surface area contributed by atoms with Crippen molar-refractivity contribution in [3.8, 4) is 0 Å². The second-order valence-electron chi connectivity index (χ2n) is 15.5. The second-order valence-corrected chi connectivity index (χ2v) is 15.5. The maximum Gasteiger partial charge on any atom is 0.312 e. The van der Waals surface area contributed by atoms with E-state index in [2.05, 4.69) is 0 Å². The number of hydrogen-bond acceptors (Lipinski definition) is 12. The van der Waals surface area contributed by atoms with Gasteiger partial charge >= 0.3 is 29.8 Å². The first kappa shape index (κ1) is 52.3. The topological polar surface area (TPSA) is 150 Å². The van der Waals surface area contributed by atoms with Gasteiger partial charge in [-0.25, -0.2) is 0 Å². The Morgan fingerprint density at radius 3 is 1.71 bits per heavy atom. The first-order chi connectivity index (χ1) is 23.4. The molecule has 12 nitrogen and oxygen atoms in total. The molecule has 6 aliphatic heterocycles. The minimum Gasteiger partial charge on any atom is -0.465 e. The molecule has 55 heavy (non-hydrogen) atoms. The molecule has 2 aliphatic carbocycles. The van der Waals surface area contributed by atoms with Gasteiger partial charge in [-0.05, 0) is 57.8 Å². The van der Waals surface area contributed by atoms with Crippen LogP contribution in [-0.4, -0.2) is 85.3 Å². The average molecular weight is 787 g/mol. The van der Waals surface area contributed by atoms with Crippen LogP contribution in [0.5, 0.6) is 0 Å². The molecule has 0 N–H and O–H groups in total. The van der Waals surface area contributed by atoms with Crippen molar-refractivity contribution in [1.29, 1.82) is 0 Å². The Morgan fingerprint density at radius 1 is 0.618 bits per heavy atom. The fourth-order valence-electron chi connectivity index (χ4n) is 8.70. The van der Waals surface area contributed by atoms with Crippen LogP contribution in [0.15, 0.2) is 0 Å². The van der Waals surface area contributed by atoms with E-state index in [9.17, 15) is 24.0 Å². The quantitative estimate of drug-likeness (QED) is 0.155. The molecule has 322 valence electrons. The van der Waals surface area contributed by atoms with Gasteiger partial charge in [-0.1, -0.05) is 86.1 Å². The van der Waals surface area contributed by atoms with Crippen LogP contribution in [0.4, 0.5) is 0 Å². The molecule has 12 heteroatoms. The van der Waals surface area contributed by atoms with E-state index in [1.807, 2.05) is 41.5 Å². The van der Waals surface area contributed by atoms with E-state index in [4.69, 9.17) is 33.2 Å². The van der Waals surface area contributed by atoms with Gasteiger partial charge in [-0.2, -0.15) is 0 Å². The number of carbonyl (C=O) groups excluding carboxylic acids is 5. The molecule has 2 saturated carbocycles. The Morgan fingerprint density at radius 2 is 1.16 bits per heavy atom. The van der Waals surface area contributed by atoms with Crippen LogP contribution in [0, 0.1) is 47.3 Å². The molecule has 8 rings (SSSR count). The summed E-state index contributed by atoms with van der Waals surface area (Å²) in [6, 6.07) is 0. The van der Waals surface area contributed by atoms with E-state index >= 15 is 0 Å². The molecule has 0 aromatic carbocycles. The molecule has 6 bridgehead atoms. The Kier molecular flexibility index (Phi) is 20.6. The van der Waals surface area contributed by atoms with E-state index in [1.165, 1.54) is 6.42 Å². The van der Waals surface area contributed by atoms with Gasteiger partial charge in [0.15, 0.2) is 12.2 Å². The fraction of sp³-hybridized carbons (Fsp3) is 0.884. The third-order valence-corrected chi connectivity index (χ3v) is 12.4. The lowest BCUT2D eigenvalue weighted by Gasteiger charge is -2.26. The molecule has 8 fully saturated rings. The number of esters is 5.